The van der Waals surface area contributed by atoms with E-state index in [1.165, 1.54) is 15.6 Å². The molecule has 2 aromatic heterocycles. The molecule has 1 N–H and O–H groups in total. The van der Waals surface area contributed by atoms with Crippen LogP contribution in [0.4, 0.5) is 5.82 Å². The zero-order chi connectivity index (χ0) is 19.5. The van der Waals surface area contributed by atoms with E-state index in [0.29, 0.717) is 0 Å². The molecule has 156 valence electrons. The van der Waals surface area contributed by atoms with Gasteiger partial charge in [0.15, 0.2) is 0 Å². The lowest BCUT2D eigenvalue weighted by Crippen LogP contribution is -2.46. The summed E-state index contributed by atoms with van der Waals surface area (Å²) >= 11 is 1.79. The molecule has 1 saturated heterocycles. The lowest BCUT2D eigenvalue weighted by molar-refractivity contribution is 0.185. The number of aliphatic hydroxyl groups is 1. The van der Waals surface area contributed by atoms with E-state index in [1.54, 1.807) is 11.3 Å². The lowest BCUT2D eigenvalue weighted by Gasteiger charge is -2.35. The average Bonchev–Trinajstić information content (AvgIpc) is 3.21. The van der Waals surface area contributed by atoms with E-state index in [2.05, 4.69) is 58.5 Å². The Bertz CT molecular complexity index is 918. The van der Waals surface area contributed by atoms with Crippen molar-refractivity contribution >= 4 is 39.6 Å². The number of hydrogen-bond acceptors (Lipinski definition) is 5. The Balaban J connectivity index is 0.00000240. The highest BCUT2D eigenvalue weighted by molar-refractivity contribution is 7.17. The van der Waals surface area contributed by atoms with Crippen LogP contribution in [0.3, 0.4) is 0 Å². The second-order valence-corrected chi connectivity index (χ2v) is 8.62. The molecule has 0 bridgehead atoms. The maximum Gasteiger partial charge on any atom is 0.138 e. The summed E-state index contributed by atoms with van der Waals surface area (Å²) in [5.74, 6) is 1.13. The topological polar surface area (TPSA) is 39.6 Å². The number of halogens is 1. The van der Waals surface area contributed by atoms with E-state index < -0.39 is 0 Å². The first-order chi connectivity index (χ1) is 13.6. The van der Waals surface area contributed by atoms with Gasteiger partial charge in [-0.1, -0.05) is 31.2 Å². The Kier molecular flexibility index (Phi) is 7.52. The number of rotatable bonds is 6. The Labute approximate surface area is 183 Å². The standard InChI is InChI=1S/C23H29N3OS.ClH/c1-3-25-11-13-26(14-12-25)23-20-10-15-28-22(20)16-21(24-23)19-8-6-18(7-9-19)5-4-17(2)27;/h6-10,15-17,27H,3-5,11-14H2,1-2H3;1H. The summed E-state index contributed by atoms with van der Waals surface area (Å²) in [6.45, 7) is 9.47. The number of hydrogen-bond donors (Lipinski definition) is 1. The van der Waals surface area contributed by atoms with Gasteiger partial charge in [-0.25, -0.2) is 4.98 Å². The molecule has 3 aromatic rings. The second-order valence-electron chi connectivity index (χ2n) is 7.67. The van der Waals surface area contributed by atoms with Crippen LogP contribution in [0.2, 0.25) is 0 Å². The van der Waals surface area contributed by atoms with Crippen LogP contribution in [-0.4, -0.2) is 53.8 Å². The minimum Gasteiger partial charge on any atom is -0.393 e. The molecule has 0 spiro atoms. The van der Waals surface area contributed by atoms with Crippen molar-refractivity contribution in [3.05, 3.63) is 47.3 Å². The maximum atomic E-state index is 9.50. The smallest absolute Gasteiger partial charge is 0.138 e. The number of likely N-dealkylation sites (N-methyl/N-ethyl adjacent to an activating group) is 1. The molecule has 1 fully saturated rings. The fourth-order valence-corrected chi connectivity index (χ4v) is 4.65. The van der Waals surface area contributed by atoms with E-state index >= 15 is 0 Å². The summed E-state index contributed by atoms with van der Waals surface area (Å²) < 4.78 is 1.30. The van der Waals surface area contributed by atoms with Gasteiger partial charge in [-0.05, 0) is 49.4 Å². The van der Waals surface area contributed by atoms with Crippen LogP contribution in [0.25, 0.3) is 21.3 Å². The molecular weight excluding hydrogens is 402 g/mol. The first kappa shape index (κ1) is 22.0. The van der Waals surface area contributed by atoms with Gasteiger partial charge in [-0.2, -0.15) is 0 Å². The van der Waals surface area contributed by atoms with Gasteiger partial charge >= 0.3 is 0 Å². The molecule has 4 nitrogen and oxygen atoms in total. The first-order valence-corrected chi connectivity index (χ1v) is 11.1. The molecule has 1 aliphatic rings. The Morgan fingerprint density at radius 2 is 1.83 bits per heavy atom. The molecule has 6 heteroatoms. The summed E-state index contributed by atoms with van der Waals surface area (Å²) in [4.78, 5) is 10.0. The summed E-state index contributed by atoms with van der Waals surface area (Å²) in [6, 6.07) is 13.1. The van der Waals surface area contributed by atoms with Crippen LogP contribution in [0.1, 0.15) is 25.8 Å². The van der Waals surface area contributed by atoms with Gasteiger partial charge in [0, 0.05) is 41.8 Å². The quantitative estimate of drug-likeness (QED) is 0.606. The van der Waals surface area contributed by atoms with E-state index in [4.69, 9.17) is 4.98 Å². The number of aromatic nitrogens is 1. The highest BCUT2D eigenvalue weighted by Gasteiger charge is 2.20. The molecule has 1 aliphatic heterocycles. The summed E-state index contributed by atoms with van der Waals surface area (Å²) in [5, 5.41) is 12.9. The molecule has 0 radical (unpaired) electrons. The normalized spacial score (nSPS) is 16.0. The molecule has 0 saturated carbocycles. The van der Waals surface area contributed by atoms with Crippen molar-refractivity contribution in [3.8, 4) is 11.3 Å². The highest BCUT2D eigenvalue weighted by atomic mass is 35.5. The van der Waals surface area contributed by atoms with E-state index in [1.807, 2.05) is 6.92 Å². The van der Waals surface area contributed by atoms with Crippen molar-refractivity contribution < 1.29 is 5.11 Å². The van der Waals surface area contributed by atoms with Crippen molar-refractivity contribution in [2.75, 3.05) is 37.6 Å². The van der Waals surface area contributed by atoms with Crippen molar-refractivity contribution in [1.29, 1.82) is 0 Å². The Hall–Kier alpha value is -1.66. The van der Waals surface area contributed by atoms with Crippen LogP contribution in [0, 0.1) is 0 Å². The molecule has 1 aromatic carbocycles. The maximum absolute atomic E-state index is 9.50. The van der Waals surface area contributed by atoms with Crippen molar-refractivity contribution in [1.82, 2.24) is 9.88 Å². The van der Waals surface area contributed by atoms with Gasteiger partial charge in [-0.3, -0.25) is 0 Å². The van der Waals surface area contributed by atoms with Crippen molar-refractivity contribution in [3.63, 3.8) is 0 Å². The number of nitrogens with zero attached hydrogens (tertiary/aromatic N) is 3. The molecular formula is C23H30ClN3OS. The number of benzene rings is 1. The van der Waals surface area contributed by atoms with Crippen LogP contribution < -0.4 is 4.90 Å². The molecule has 1 atom stereocenters. The number of fused-ring (bicyclic) bond motifs is 1. The zero-order valence-corrected chi connectivity index (χ0v) is 18.8. The SMILES string of the molecule is CCN1CCN(c2nc(-c3ccc(CCC(C)O)cc3)cc3sccc23)CC1.Cl. The van der Waals surface area contributed by atoms with Gasteiger partial charge < -0.3 is 14.9 Å². The number of thiophene rings is 1. The number of piperazine rings is 1. The number of aliphatic hydroxyl groups excluding tert-OH is 1. The third-order valence-electron chi connectivity index (χ3n) is 5.65. The average molecular weight is 432 g/mol. The number of aryl methyl sites for hydroxylation is 1. The molecule has 4 rings (SSSR count). The Morgan fingerprint density at radius 3 is 2.48 bits per heavy atom. The minimum absolute atomic E-state index is 0. The van der Waals surface area contributed by atoms with Gasteiger partial charge in [-0.15, -0.1) is 23.7 Å². The van der Waals surface area contributed by atoms with Crippen LogP contribution in [-0.2, 0) is 6.42 Å². The molecule has 0 amide bonds. The highest BCUT2D eigenvalue weighted by Crippen LogP contribution is 2.33. The van der Waals surface area contributed by atoms with E-state index in [9.17, 15) is 5.11 Å². The third kappa shape index (κ3) is 5.10. The zero-order valence-electron chi connectivity index (χ0n) is 17.2. The predicted octanol–water partition coefficient (Wildman–Crippen LogP) is 4.84. The summed E-state index contributed by atoms with van der Waals surface area (Å²) in [6.07, 6.45) is 1.45. The monoisotopic (exact) mass is 431 g/mol. The van der Waals surface area contributed by atoms with Crippen molar-refractivity contribution in [2.24, 2.45) is 0 Å². The second kappa shape index (κ2) is 9.90. The molecule has 29 heavy (non-hydrogen) atoms. The first-order valence-electron chi connectivity index (χ1n) is 10.3. The van der Waals surface area contributed by atoms with Crippen molar-refractivity contribution in [2.45, 2.75) is 32.8 Å². The predicted molar refractivity (Wildman–Crippen MR) is 127 cm³/mol. The lowest BCUT2D eigenvalue weighted by atomic mass is 10.0. The van der Waals surface area contributed by atoms with Crippen LogP contribution >= 0.6 is 23.7 Å². The van der Waals surface area contributed by atoms with Gasteiger partial charge in [0.1, 0.15) is 5.82 Å². The molecule has 1 unspecified atom stereocenters. The largest absolute Gasteiger partial charge is 0.393 e. The number of anilines is 1. The van der Waals surface area contributed by atoms with Crippen LogP contribution in [0.15, 0.2) is 41.8 Å². The third-order valence-corrected chi connectivity index (χ3v) is 6.51. The fourth-order valence-electron chi connectivity index (χ4n) is 3.83. The summed E-state index contributed by atoms with van der Waals surface area (Å²) in [7, 11) is 0. The molecule has 0 aliphatic carbocycles. The summed E-state index contributed by atoms with van der Waals surface area (Å²) in [5.41, 5.74) is 3.47. The molecule has 3 heterocycles. The van der Waals surface area contributed by atoms with Crippen LogP contribution in [0.5, 0.6) is 0 Å². The van der Waals surface area contributed by atoms with E-state index in [-0.39, 0.29) is 18.5 Å². The van der Waals surface area contributed by atoms with Gasteiger partial charge in [0.25, 0.3) is 0 Å². The Morgan fingerprint density at radius 1 is 1.10 bits per heavy atom. The fraction of sp³-hybridized carbons (Fsp3) is 0.435. The van der Waals surface area contributed by atoms with E-state index in [0.717, 1.165) is 62.6 Å². The minimum atomic E-state index is -0.252. The number of pyridine rings is 1. The van der Waals surface area contributed by atoms with Gasteiger partial charge in [0.05, 0.1) is 11.8 Å². The van der Waals surface area contributed by atoms with Gasteiger partial charge in [0.2, 0.25) is 0 Å².